The molecule has 8 nitrogen and oxygen atoms in total. The molecule has 2 N–H and O–H groups in total. The maximum atomic E-state index is 13.6. The molecule has 0 saturated carbocycles. The Morgan fingerprint density at radius 2 is 1.97 bits per heavy atom. The number of carbonyl (C=O) groups excluding carboxylic acids is 1. The number of nitrogens with two attached hydrogens (primary N) is 1. The molecule has 3 aromatic heterocycles. The molecule has 2 aliphatic rings. The Labute approximate surface area is 192 Å². The van der Waals surface area contributed by atoms with Crippen molar-refractivity contribution in [2.24, 2.45) is 0 Å². The molecule has 178 valence electrons. The number of nitrogens with zero attached hydrogens (tertiary/aromatic N) is 4. The topological polar surface area (TPSA) is 103 Å². The van der Waals surface area contributed by atoms with Crippen LogP contribution in [0.1, 0.15) is 58.9 Å². The molecular weight excluding hydrogens is 451 g/mol. The van der Waals surface area contributed by atoms with Crippen molar-refractivity contribution in [1.82, 2.24) is 19.9 Å². The Balaban J connectivity index is 1.52. The van der Waals surface area contributed by atoms with Crippen LogP contribution in [0, 0.1) is 0 Å². The summed E-state index contributed by atoms with van der Waals surface area (Å²) in [7, 11) is 0. The van der Waals surface area contributed by atoms with Crippen LogP contribution in [-0.4, -0.2) is 45.0 Å². The highest BCUT2D eigenvalue weighted by molar-refractivity contribution is 5.97. The number of amides is 1. The zero-order chi connectivity index (χ0) is 24.2. The van der Waals surface area contributed by atoms with Gasteiger partial charge in [-0.25, -0.2) is 9.97 Å². The number of hydrogen-bond acceptors (Lipinski definition) is 7. The Hall–Kier alpha value is -3.31. The van der Waals surface area contributed by atoms with Crippen molar-refractivity contribution >= 4 is 22.6 Å². The van der Waals surface area contributed by atoms with Gasteiger partial charge in [0, 0.05) is 17.1 Å². The van der Waals surface area contributed by atoms with Crippen molar-refractivity contribution in [1.29, 1.82) is 0 Å². The number of aromatic nitrogens is 3. The molecule has 0 unspecified atom stereocenters. The van der Waals surface area contributed by atoms with Crippen molar-refractivity contribution in [2.75, 3.05) is 18.9 Å². The second kappa shape index (κ2) is 8.17. The summed E-state index contributed by atoms with van der Waals surface area (Å²) in [6.07, 6.45) is -2.10. The van der Waals surface area contributed by atoms with Gasteiger partial charge in [-0.05, 0) is 37.1 Å². The molecule has 0 radical (unpaired) electrons. The first-order valence-corrected chi connectivity index (χ1v) is 10.8. The van der Waals surface area contributed by atoms with Gasteiger partial charge in [0.2, 0.25) is 0 Å². The molecule has 34 heavy (non-hydrogen) atoms. The number of anilines is 1. The molecule has 2 aliphatic heterocycles. The molecule has 0 aliphatic carbocycles. The van der Waals surface area contributed by atoms with Crippen molar-refractivity contribution in [3.8, 4) is 0 Å². The van der Waals surface area contributed by atoms with Gasteiger partial charge in [0.05, 0.1) is 49.7 Å². The van der Waals surface area contributed by atoms with E-state index in [1.807, 2.05) is 13.8 Å². The van der Waals surface area contributed by atoms with E-state index < -0.39 is 17.9 Å². The van der Waals surface area contributed by atoms with Crippen LogP contribution in [0.3, 0.4) is 0 Å². The zero-order valence-corrected chi connectivity index (χ0v) is 18.5. The number of hydrogen-bond donors (Lipinski definition) is 1. The number of pyridine rings is 3. The number of halogens is 3. The third-order valence-electron chi connectivity index (χ3n) is 6.29. The SMILES string of the molecule is C[C@H]1OCc2c1c(N)nc1cnc(C(=O)N3[C@@H](C)COC[C@H]3c3ccc(C(F)(F)F)nc3)cc21. The molecule has 11 heteroatoms. The average Bonchev–Trinajstić information content (AvgIpc) is 3.20. The van der Waals surface area contributed by atoms with Crippen LogP contribution in [0.4, 0.5) is 19.0 Å². The minimum atomic E-state index is -4.54. The van der Waals surface area contributed by atoms with E-state index in [2.05, 4.69) is 15.0 Å². The summed E-state index contributed by atoms with van der Waals surface area (Å²) in [6, 6.07) is 2.97. The summed E-state index contributed by atoms with van der Waals surface area (Å²) >= 11 is 0. The molecule has 5 rings (SSSR count). The first-order chi connectivity index (χ1) is 16.1. The minimum absolute atomic E-state index is 0.134. The average molecular weight is 473 g/mol. The molecule has 1 saturated heterocycles. The van der Waals surface area contributed by atoms with E-state index in [1.54, 1.807) is 11.0 Å². The van der Waals surface area contributed by atoms with Gasteiger partial charge < -0.3 is 20.1 Å². The van der Waals surface area contributed by atoms with E-state index >= 15 is 0 Å². The van der Waals surface area contributed by atoms with Gasteiger partial charge in [0.25, 0.3) is 5.91 Å². The molecule has 5 heterocycles. The molecule has 0 spiro atoms. The molecule has 1 amide bonds. The monoisotopic (exact) mass is 473 g/mol. The molecular formula is C23H22F3N5O3. The van der Waals surface area contributed by atoms with Gasteiger partial charge in [-0.15, -0.1) is 0 Å². The van der Waals surface area contributed by atoms with Gasteiger partial charge in [-0.2, -0.15) is 13.2 Å². The molecule has 3 aromatic rings. The van der Waals surface area contributed by atoms with Crippen LogP contribution in [0.15, 0.2) is 30.6 Å². The summed E-state index contributed by atoms with van der Waals surface area (Å²) in [5.74, 6) is 0.0187. The lowest BCUT2D eigenvalue weighted by atomic mass is 10.0. The second-order valence-corrected chi connectivity index (χ2v) is 8.52. The van der Waals surface area contributed by atoms with E-state index in [9.17, 15) is 18.0 Å². The second-order valence-electron chi connectivity index (χ2n) is 8.52. The van der Waals surface area contributed by atoms with E-state index in [4.69, 9.17) is 15.2 Å². The number of rotatable bonds is 2. The van der Waals surface area contributed by atoms with Crippen LogP contribution < -0.4 is 5.73 Å². The maximum Gasteiger partial charge on any atom is 0.433 e. The van der Waals surface area contributed by atoms with Crippen molar-refractivity contribution < 1.29 is 27.4 Å². The van der Waals surface area contributed by atoms with Crippen molar-refractivity contribution in [2.45, 2.75) is 44.8 Å². The van der Waals surface area contributed by atoms with Crippen molar-refractivity contribution in [3.63, 3.8) is 0 Å². The summed E-state index contributed by atoms with van der Waals surface area (Å²) in [4.78, 5) is 27.5. The highest BCUT2D eigenvalue weighted by Gasteiger charge is 2.37. The number of nitrogen functional groups attached to an aromatic ring is 1. The van der Waals surface area contributed by atoms with Crippen molar-refractivity contribution in [3.05, 3.63) is 58.7 Å². The smallest absolute Gasteiger partial charge is 0.383 e. The quantitative estimate of drug-likeness (QED) is 0.604. The summed E-state index contributed by atoms with van der Waals surface area (Å²) in [6.45, 7) is 4.49. The summed E-state index contributed by atoms with van der Waals surface area (Å²) in [5, 5.41) is 0.737. The normalized spacial score (nSPS) is 22.7. The third-order valence-corrected chi connectivity index (χ3v) is 6.29. The van der Waals surface area contributed by atoms with Crippen LogP contribution in [-0.2, 0) is 22.3 Å². The fourth-order valence-electron chi connectivity index (χ4n) is 4.61. The first kappa shape index (κ1) is 22.5. The van der Waals surface area contributed by atoms with Gasteiger partial charge >= 0.3 is 6.18 Å². The standard InChI is InChI=1S/C23H22F3N5O3/c1-11-8-33-10-18(13-3-4-19(29-6-13)23(24,25)26)31(11)22(32)16-5-14-15-9-34-12(2)20(15)21(27)30-17(14)7-28-16/h3-7,11-12,18H,8-10H2,1-2H3,(H2,27,30)/t11-,12+,18-/m0/s1. The first-order valence-electron chi connectivity index (χ1n) is 10.8. The Morgan fingerprint density at radius 1 is 1.18 bits per heavy atom. The largest absolute Gasteiger partial charge is 0.433 e. The Morgan fingerprint density at radius 3 is 2.68 bits per heavy atom. The Bertz CT molecular complexity index is 1270. The lowest BCUT2D eigenvalue weighted by Crippen LogP contribution is -2.49. The van der Waals surface area contributed by atoms with E-state index in [0.29, 0.717) is 30.1 Å². The molecule has 3 atom stereocenters. The minimum Gasteiger partial charge on any atom is -0.383 e. The Kier molecular flexibility index (Phi) is 5.40. The van der Waals surface area contributed by atoms with Crippen LogP contribution in [0.5, 0.6) is 0 Å². The maximum absolute atomic E-state index is 13.6. The van der Waals surface area contributed by atoms with Crippen LogP contribution in [0.25, 0.3) is 10.9 Å². The highest BCUT2D eigenvalue weighted by Crippen LogP contribution is 2.38. The number of ether oxygens (including phenoxy) is 2. The lowest BCUT2D eigenvalue weighted by Gasteiger charge is -2.40. The zero-order valence-electron chi connectivity index (χ0n) is 18.5. The number of morpholine rings is 1. The number of alkyl halides is 3. The summed E-state index contributed by atoms with van der Waals surface area (Å²) in [5.41, 5.74) is 8.00. The predicted molar refractivity (Wildman–Crippen MR) is 116 cm³/mol. The summed E-state index contributed by atoms with van der Waals surface area (Å²) < 4.78 is 50.1. The van der Waals surface area contributed by atoms with Gasteiger partial charge in [-0.3, -0.25) is 9.78 Å². The van der Waals surface area contributed by atoms with E-state index in [0.717, 1.165) is 28.8 Å². The van der Waals surface area contributed by atoms with Gasteiger partial charge in [0.1, 0.15) is 17.2 Å². The van der Waals surface area contributed by atoms with Crippen LogP contribution >= 0.6 is 0 Å². The molecule has 0 aromatic carbocycles. The highest BCUT2D eigenvalue weighted by atomic mass is 19.4. The van der Waals surface area contributed by atoms with E-state index in [1.165, 1.54) is 12.3 Å². The van der Waals surface area contributed by atoms with E-state index in [-0.39, 0.29) is 30.4 Å². The predicted octanol–water partition coefficient (Wildman–Crippen LogP) is 3.82. The fourth-order valence-corrected chi connectivity index (χ4v) is 4.61. The fraction of sp³-hybridized carbons (Fsp3) is 0.391. The van der Waals surface area contributed by atoms with Gasteiger partial charge in [0.15, 0.2) is 0 Å². The lowest BCUT2D eigenvalue weighted by molar-refractivity contribution is -0.141. The molecule has 0 bridgehead atoms. The number of fused-ring (bicyclic) bond motifs is 3. The van der Waals surface area contributed by atoms with Crippen LogP contribution in [0.2, 0.25) is 0 Å². The third kappa shape index (κ3) is 3.74. The molecule has 1 fully saturated rings. The van der Waals surface area contributed by atoms with Gasteiger partial charge in [-0.1, -0.05) is 6.07 Å². The number of carbonyl (C=O) groups is 1.